The minimum atomic E-state index is 0.0182. The summed E-state index contributed by atoms with van der Waals surface area (Å²) >= 11 is 0. The Hall–Kier alpha value is -1.49. The van der Waals surface area contributed by atoms with Crippen molar-refractivity contribution in [1.29, 1.82) is 0 Å². The number of carbonyl (C=O) groups is 1. The molecule has 2 aliphatic rings. The minimum Gasteiger partial charge on any atom is -0.396 e. The first-order chi connectivity index (χ1) is 9.20. The molecule has 1 aromatic heterocycles. The lowest BCUT2D eigenvalue weighted by molar-refractivity contribution is 0.169. The van der Waals surface area contributed by atoms with Gasteiger partial charge in [-0.15, -0.1) is 0 Å². The molecule has 2 bridgehead atoms. The summed E-state index contributed by atoms with van der Waals surface area (Å²) in [6.45, 7) is 0.755. The molecule has 3 rings (SSSR count). The fraction of sp³-hybridized carbons (Fsp3) is 0.643. The van der Waals surface area contributed by atoms with E-state index in [0.29, 0.717) is 12.6 Å². The summed E-state index contributed by atoms with van der Waals surface area (Å²) < 4.78 is 2.01. The lowest BCUT2D eigenvalue weighted by atomic mass is 9.90. The van der Waals surface area contributed by atoms with Gasteiger partial charge in [0, 0.05) is 43.5 Å². The molecule has 2 fully saturated rings. The third-order valence-electron chi connectivity index (χ3n) is 4.61. The maximum absolute atomic E-state index is 12.3. The average molecular weight is 263 g/mol. The van der Waals surface area contributed by atoms with E-state index in [1.165, 1.54) is 0 Å². The molecule has 0 spiro atoms. The maximum Gasteiger partial charge on any atom is 0.318 e. The first-order valence-corrected chi connectivity index (χ1v) is 6.98. The number of hydrogen-bond acceptors (Lipinski definition) is 2. The predicted molar refractivity (Wildman–Crippen MR) is 71.5 cm³/mol. The number of aryl methyl sites for hydroxylation is 1. The van der Waals surface area contributed by atoms with Crippen LogP contribution in [0.3, 0.4) is 0 Å². The van der Waals surface area contributed by atoms with Crippen molar-refractivity contribution < 1.29 is 9.90 Å². The first-order valence-electron chi connectivity index (χ1n) is 6.98. The number of fused-ring (bicyclic) bond motifs is 2. The molecule has 0 radical (unpaired) electrons. The second kappa shape index (κ2) is 4.89. The fourth-order valence-electron chi connectivity index (χ4n) is 3.56. The molecule has 19 heavy (non-hydrogen) atoms. The number of amides is 2. The largest absolute Gasteiger partial charge is 0.396 e. The van der Waals surface area contributed by atoms with E-state index in [9.17, 15) is 9.90 Å². The van der Waals surface area contributed by atoms with Gasteiger partial charge in [-0.25, -0.2) is 4.79 Å². The molecule has 2 N–H and O–H groups in total. The topological polar surface area (TPSA) is 57.5 Å². The van der Waals surface area contributed by atoms with Crippen LogP contribution in [0.1, 0.15) is 25.0 Å². The van der Waals surface area contributed by atoms with Crippen molar-refractivity contribution in [2.24, 2.45) is 13.0 Å². The molecule has 5 heteroatoms. The van der Waals surface area contributed by atoms with E-state index in [1.54, 1.807) is 0 Å². The zero-order chi connectivity index (χ0) is 13.4. The number of urea groups is 1. The van der Waals surface area contributed by atoms with Crippen molar-refractivity contribution in [3.63, 3.8) is 0 Å². The number of rotatable bonds is 3. The summed E-state index contributed by atoms with van der Waals surface area (Å²) in [5, 5.41) is 12.3. The Morgan fingerprint density at radius 1 is 1.53 bits per heavy atom. The normalized spacial score (nSPS) is 28.9. The van der Waals surface area contributed by atoms with Gasteiger partial charge < -0.3 is 19.9 Å². The van der Waals surface area contributed by atoms with E-state index >= 15 is 0 Å². The summed E-state index contributed by atoms with van der Waals surface area (Å²) in [6, 6.07) is 4.57. The van der Waals surface area contributed by atoms with Crippen LogP contribution >= 0.6 is 0 Å². The number of nitrogens with zero attached hydrogens (tertiary/aromatic N) is 2. The summed E-state index contributed by atoms with van der Waals surface area (Å²) in [7, 11) is 1.98. The Morgan fingerprint density at radius 3 is 3.00 bits per heavy atom. The molecule has 3 heterocycles. The number of hydrogen-bond donors (Lipinski definition) is 2. The number of aliphatic hydroxyl groups is 1. The van der Waals surface area contributed by atoms with E-state index in [0.717, 1.165) is 25.0 Å². The van der Waals surface area contributed by atoms with Crippen molar-refractivity contribution in [3.05, 3.63) is 24.0 Å². The monoisotopic (exact) mass is 263 g/mol. The van der Waals surface area contributed by atoms with Crippen LogP contribution in [0.5, 0.6) is 0 Å². The number of aliphatic hydroxyl groups excluding tert-OH is 1. The second-order valence-electron chi connectivity index (χ2n) is 5.65. The molecule has 0 aliphatic carbocycles. The van der Waals surface area contributed by atoms with Gasteiger partial charge in [0.2, 0.25) is 0 Å². The Kier molecular flexibility index (Phi) is 3.22. The third kappa shape index (κ3) is 2.12. The molecule has 3 atom stereocenters. The van der Waals surface area contributed by atoms with Crippen molar-refractivity contribution >= 4 is 6.03 Å². The molecule has 2 aliphatic heterocycles. The molecule has 0 saturated carbocycles. The Morgan fingerprint density at radius 2 is 2.37 bits per heavy atom. The molecule has 3 unspecified atom stereocenters. The van der Waals surface area contributed by atoms with Crippen molar-refractivity contribution in [2.45, 2.75) is 37.9 Å². The Bertz CT molecular complexity index is 471. The number of aromatic nitrogens is 1. The average Bonchev–Trinajstić information content (AvgIpc) is 3.09. The third-order valence-corrected chi connectivity index (χ3v) is 4.61. The second-order valence-corrected chi connectivity index (χ2v) is 5.65. The molecule has 5 nitrogen and oxygen atoms in total. The van der Waals surface area contributed by atoms with Gasteiger partial charge in [0.25, 0.3) is 0 Å². The molecular weight excluding hydrogens is 242 g/mol. The van der Waals surface area contributed by atoms with Gasteiger partial charge in [-0.1, -0.05) is 0 Å². The summed E-state index contributed by atoms with van der Waals surface area (Å²) in [5.41, 5.74) is 1.10. The molecule has 0 aromatic carbocycles. The molecule has 104 valence electrons. The van der Waals surface area contributed by atoms with Gasteiger partial charge in [0.1, 0.15) is 0 Å². The van der Waals surface area contributed by atoms with E-state index in [1.807, 2.05) is 34.8 Å². The van der Waals surface area contributed by atoms with Gasteiger partial charge in [-0.05, 0) is 31.4 Å². The van der Waals surface area contributed by atoms with Gasteiger partial charge >= 0.3 is 6.03 Å². The van der Waals surface area contributed by atoms with E-state index in [-0.39, 0.29) is 24.6 Å². The van der Waals surface area contributed by atoms with Crippen molar-refractivity contribution in [1.82, 2.24) is 14.8 Å². The van der Waals surface area contributed by atoms with Crippen LogP contribution in [0.4, 0.5) is 4.79 Å². The molecule has 2 amide bonds. The summed E-state index contributed by atoms with van der Waals surface area (Å²) in [4.78, 5) is 14.3. The smallest absolute Gasteiger partial charge is 0.318 e. The van der Waals surface area contributed by atoms with Crippen LogP contribution in [0.25, 0.3) is 0 Å². The number of carbonyl (C=O) groups excluding carboxylic acids is 1. The molecule has 1 aromatic rings. The van der Waals surface area contributed by atoms with Crippen LogP contribution in [0.15, 0.2) is 18.3 Å². The van der Waals surface area contributed by atoms with E-state index in [2.05, 4.69) is 5.32 Å². The predicted octanol–water partition coefficient (Wildman–Crippen LogP) is 1.08. The minimum absolute atomic E-state index is 0.0182. The highest BCUT2D eigenvalue weighted by atomic mass is 16.3. The highest BCUT2D eigenvalue weighted by molar-refractivity contribution is 5.75. The Labute approximate surface area is 113 Å². The van der Waals surface area contributed by atoms with E-state index in [4.69, 9.17) is 0 Å². The first kappa shape index (κ1) is 12.5. The lowest BCUT2D eigenvalue weighted by Gasteiger charge is -2.24. The lowest BCUT2D eigenvalue weighted by Crippen LogP contribution is -2.43. The van der Waals surface area contributed by atoms with Gasteiger partial charge in [-0.2, -0.15) is 0 Å². The molecular formula is C14H21N3O2. The van der Waals surface area contributed by atoms with Crippen molar-refractivity contribution in [3.8, 4) is 0 Å². The fourth-order valence-corrected chi connectivity index (χ4v) is 3.56. The highest BCUT2D eigenvalue weighted by Gasteiger charge is 2.47. The van der Waals surface area contributed by atoms with Crippen LogP contribution in [-0.2, 0) is 13.6 Å². The van der Waals surface area contributed by atoms with Gasteiger partial charge in [0.15, 0.2) is 0 Å². The van der Waals surface area contributed by atoms with Gasteiger partial charge in [0.05, 0.1) is 6.54 Å². The SMILES string of the molecule is Cn1cccc1CNC(=O)N1C2CCC1C(CO)C2. The van der Waals surface area contributed by atoms with Crippen LogP contribution in [0, 0.1) is 5.92 Å². The van der Waals surface area contributed by atoms with Crippen LogP contribution < -0.4 is 5.32 Å². The zero-order valence-electron chi connectivity index (χ0n) is 11.2. The summed E-state index contributed by atoms with van der Waals surface area (Å²) in [6.07, 6.45) is 5.05. The van der Waals surface area contributed by atoms with E-state index < -0.39 is 0 Å². The Balaban J connectivity index is 1.61. The molecule has 2 saturated heterocycles. The standard InChI is InChI=1S/C14H21N3O2/c1-16-6-2-3-12(16)8-15-14(19)17-11-4-5-13(17)10(7-11)9-18/h2-3,6,10-11,13,18H,4-5,7-9H2,1H3,(H,15,19). The van der Waals surface area contributed by atoms with Crippen molar-refractivity contribution in [2.75, 3.05) is 6.61 Å². The number of nitrogens with one attached hydrogen (secondary N) is 1. The maximum atomic E-state index is 12.3. The van der Waals surface area contributed by atoms with Gasteiger partial charge in [-0.3, -0.25) is 0 Å². The quantitative estimate of drug-likeness (QED) is 0.857. The zero-order valence-corrected chi connectivity index (χ0v) is 11.2. The highest BCUT2D eigenvalue weighted by Crippen LogP contribution is 2.41. The van der Waals surface area contributed by atoms with Crippen LogP contribution in [0.2, 0.25) is 0 Å². The summed E-state index contributed by atoms with van der Waals surface area (Å²) in [5.74, 6) is 0.277. The van der Waals surface area contributed by atoms with Crippen LogP contribution in [-0.4, -0.2) is 39.3 Å².